The van der Waals surface area contributed by atoms with Crippen molar-refractivity contribution in [3.63, 3.8) is 0 Å². The highest BCUT2D eigenvalue weighted by Crippen LogP contribution is 2.32. The fourth-order valence-electron chi connectivity index (χ4n) is 2.78. The van der Waals surface area contributed by atoms with Crippen LogP contribution in [0.2, 0.25) is 0 Å². The van der Waals surface area contributed by atoms with Gasteiger partial charge in [-0.05, 0) is 31.4 Å². The lowest BCUT2D eigenvalue weighted by Gasteiger charge is -2.28. The van der Waals surface area contributed by atoms with Gasteiger partial charge in [-0.3, -0.25) is 4.57 Å². The van der Waals surface area contributed by atoms with Gasteiger partial charge in [0.1, 0.15) is 5.75 Å². The Hall–Kier alpha value is -2.20. The fraction of sp³-hybridized carbons (Fsp3) is 0.438. The maximum absolute atomic E-state index is 8.88. The van der Waals surface area contributed by atoms with E-state index in [2.05, 4.69) is 21.2 Å². The molecule has 3 rings (SSSR count). The Labute approximate surface area is 140 Å². The molecule has 1 fully saturated rings. The van der Waals surface area contributed by atoms with Gasteiger partial charge < -0.3 is 9.64 Å². The van der Waals surface area contributed by atoms with E-state index >= 15 is 0 Å². The maximum Gasteiger partial charge on any atom is 0.232 e. The molecule has 6 nitrogen and oxygen atoms in total. The minimum atomic E-state index is 0.341. The van der Waals surface area contributed by atoms with E-state index in [9.17, 15) is 0 Å². The molecule has 2 aromatic rings. The van der Waals surface area contributed by atoms with E-state index in [0.29, 0.717) is 5.75 Å². The second kappa shape index (κ2) is 7.38. The molecule has 0 amide bonds. The summed E-state index contributed by atoms with van der Waals surface area (Å²) in [5.41, 5.74) is 0.904. The Morgan fingerprint density at radius 3 is 2.74 bits per heavy atom. The smallest absolute Gasteiger partial charge is 0.232 e. The summed E-state index contributed by atoms with van der Waals surface area (Å²) in [5, 5.41) is 18.3. The third-order valence-electron chi connectivity index (χ3n) is 3.85. The molecule has 7 heteroatoms. The first-order valence-corrected chi connectivity index (χ1v) is 8.67. The quantitative estimate of drug-likeness (QED) is 0.786. The molecule has 0 aliphatic carbocycles. The van der Waals surface area contributed by atoms with Gasteiger partial charge >= 0.3 is 0 Å². The first-order chi connectivity index (χ1) is 11.3. The Morgan fingerprint density at radius 2 is 2.00 bits per heavy atom. The van der Waals surface area contributed by atoms with Gasteiger partial charge in [0, 0.05) is 13.1 Å². The number of thioether (sulfide) groups is 1. The molecule has 120 valence electrons. The van der Waals surface area contributed by atoms with E-state index in [1.807, 2.05) is 28.8 Å². The van der Waals surface area contributed by atoms with Crippen LogP contribution in [0, 0.1) is 11.3 Å². The molecule has 1 aromatic carbocycles. The molecule has 0 bridgehead atoms. The largest absolute Gasteiger partial charge is 0.495 e. The summed E-state index contributed by atoms with van der Waals surface area (Å²) >= 11 is 1.39. The average Bonchev–Trinajstić information content (AvgIpc) is 3.04. The molecule has 1 aliphatic heterocycles. The van der Waals surface area contributed by atoms with E-state index in [-0.39, 0.29) is 0 Å². The summed E-state index contributed by atoms with van der Waals surface area (Å²) in [6.07, 6.45) is 3.59. The van der Waals surface area contributed by atoms with Crippen molar-refractivity contribution in [2.24, 2.45) is 0 Å². The number of para-hydroxylation sites is 2. The molecule has 2 heterocycles. The zero-order valence-electron chi connectivity index (χ0n) is 13.1. The van der Waals surface area contributed by atoms with Crippen LogP contribution in [-0.4, -0.2) is 40.7 Å². The Kier molecular flexibility index (Phi) is 5.03. The molecule has 0 atom stereocenters. The van der Waals surface area contributed by atoms with Crippen molar-refractivity contribution in [1.29, 1.82) is 5.26 Å². The minimum absolute atomic E-state index is 0.341. The van der Waals surface area contributed by atoms with E-state index in [4.69, 9.17) is 10.00 Å². The van der Waals surface area contributed by atoms with Crippen LogP contribution in [0.25, 0.3) is 5.69 Å². The van der Waals surface area contributed by atoms with Crippen LogP contribution in [0.3, 0.4) is 0 Å². The Balaban J connectivity index is 2.07. The van der Waals surface area contributed by atoms with Crippen molar-refractivity contribution in [2.45, 2.75) is 24.4 Å². The van der Waals surface area contributed by atoms with Gasteiger partial charge in [0.25, 0.3) is 0 Å². The van der Waals surface area contributed by atoms with Gasteiger partial charge in [0.2, 0.25) is 5.95 Å². The number of nitriles is 1. The SMILES string of the molecule is COc1ccccc1-n1c(SCC#N)nnc1N1CCCCC1. The maximum atomic E-state index is 8.88. The number of anilines is 1. The fourth-order valence-corrected chi connectivity index (χ4v) is 3.38. The number of hydrogen-bond donors (Lipinski definition) is 0. The molecular formula is C16H19N5OS. The minimum Gasteiger partial charge on any atom is -0.495 e. The zero-order valence-corrected chi connectivity index (χ0v) is 13.9. The van der Waals surface area contributed by atoms with Crippen molar-refractivity contribution in [3.05, 3.63) is 24.3 Å². The van der Waals surface area contributed by atoms with E-state index in [1.54, 1.807) is 7.11 Å². The molecule has 1 aromatic heterocycles. The monoisotopic (exact) mass is 329 g/mol. The summed E-state index contributed by atoms with van der Waals surface area (Å²) in [7, 11) is 1.66. The van der Waals surface area contributed by atoms with Crippen molar-refractivity contribution >= 4 is 17.7 Å². The normalized spacial score (nSPS) is 14.5. The average molecular weight is 329 g/mol. The van der Waals surface area contributed by atoms with Gasteiger partial charge in [-0.15, -0.1) is 10.2 Å². The molecule has 0 radical (unpaired) electrons. The first-order valence-electron chi connectivity index (χ1n) is 7.68. The van der Waals surface area contributed by atoms with Gasteiger partial charge in [-0.2, -0.15) is 5.26 Å². The molecular weight excluding hydrogens is 310 g/mol. The Bertz CT molecular complexity index is 703. The van der Waals surface area contributed by atoms with Crippen LogP contribution in [0.15, 0.2) is 29.4 Å². The third kappa shape index (κ3) is 3.27. The summed E-state index contributed by atoms with van der Waals surface area (Å²) in [6.45, 7) is 1.96. The standard InChI is InChI=1S/C16H19N5OS/c1-22-14-8-4-3-7-13(14)21-15(20-10-5-2-6-11-20)18-19-16(21)23-12-9-17/h3-4,7-8H,2,5-6,10-12H2,1H3. The zero-order chi connectivity index (χ0) is 16.1. The molecule has 0 spiro atoms. The van der Waals surface area contributed by atoms with Gasteiger partial charge in [-0.1, -0.05) is 23.9 Å². The summed E-state index contributed by atoms with van der Waals surface area (Å²) in [4.78, 5) is 2.26. The first kappa shape index (κ1) is 15.7. The highest BCUT2D eigenvalue weighted by molar-refractivity contribution is 7.99. The highest BCUT2D eigenvalue weighted by atomic mass is 32.2. The summed E-state index contributed by atoms with van der Waals surface area (Å²) in [5.74, 6) is 1.94. The van der Waals surface area contributed by atoms with E-state index in [0.717, 1.165) is 35.6 Å². The van der Waals surface area contributed by atoms with Crippen molar-refractivity contribution in [2.75, 3.05) is 30.9 Å². The van der Waals surface area contributed by atoms with Crippen LogP contribution in [0.4, 0.5) is 5.95 Å². The lowest BCUT2D eigenvalue weighted by atomic mass is 10.1. The van der Waals surface area contributed by atoms with Crippen molar-refractivity contribution in [3.8, 4) is 17.5 Å². The van der Waals surface area contributed by atoms with Crippen LogP contribution in [0.5, 0.6) is 5.75 Å². The van der Waals surface area contributed by atoms with E-state index in [1.165, 1.54) is 31.0 Å². The number of hydrogen-bond acceptors (Lipinski definition) is 6. The summed E-state index contributed by atoms with van der Waals surface area (Å²) < 4.78 is 7.51. The van der Waals surface area contributed by atoms with Gasteiger partial charge in [0.05, 0.1) is 24.6 Å². The van der Waals surface area contributed by atoms with Crippen molar-refractivity contribution < 1.29 is 4.74 Å². The predicted octanol–water partition coefficient (Wildman–Crippen LogP) is 2.88. The molecule has 0 saturated carbocycles. The van der Waals surface area contributed by atoms with E-state index < -0.39 is 0 Å². The molecule has 0 unspecified atom stereocenters. The van der Waals surface area contributed by atoms with Crippen LogP contribution >= 0.6 is 11.8 Å². The number of ether oxygens (including phenoxy) is 1. The molecule has 23 heavy (non-hydrogen) atoms. The number of nitrogens with zero attached hydrogens (tertiary/aromatic N) is 5. The number of benzene rings is 1. The number of rotatable bonds is 5. The molecule has 1 saturated heterocycles. The van der Waals surface area contributed by atoms with Crippen molar-refractivity contribution in [1.82, 2.24) is 14.8 Å². The lowest BCUT2D eigenvalue weighted by Crippen LogP contribution is -2.31. The van der Waals surface area contributed by atoms with Gasteiger partial charge in [-0.25, -0.2) is 0 Å². The molecule has 1 aliphatic rings. The summed E-state index contributed by atoms with van der Waals surface area (Å²) in [6, 6.07) is 9.97. The van der Waals surface area contributed by atoms with Crippen LogP contribution in [0.1, 0.15) is 19.3 Å². The molecule has 0 N–H and O–H groups in total. The third-order valence-corrected chi connectivity index (χ3v) is 4.64. The lowest BCUT2D eigenvalue weighted by molar-refractivity contribution is 0.412. The van der Waals surface area contributed by atoms with Crippen LogP contribution < -0.4 is 9.64 Å². The predicted molar refractivity (Wildman–Crippen MR) is 90.3 cm³/mol. The second-order valence-corrected chi connectivity index (χ2v) is 6.23. The number of piperidine rings is 1. The topological polar surface area (TPSA) is 67.0 Å². The number of methoxy groups -OCH3 is 1. The second-order valence-electron chi connectivity index (χ2n) is 5.28. The Morgan fingerprint density at radius 1 is 1.22 bits per heavy atom. The van der Waals surface area contributed by atoms with Gasteiger partial charge in [0.15, 0.2) is 5.16 Å². The number of aromatic nitrogens is 3. The highest BCUT2D eigenvalue weighted by Gasteiger charge is 2.23. The van der Waals surface area contributed by atoms with Crippen LogP contribution in [-0.2, 0) is 0 Å².